The zero-order valence-electron chi connectivity index (χ0n) is 20.2. The number of carbonyl (C=O) groups excluding carboxylic acids is 1. The number of hydrogen-bond acceptors (Lipinski definition) is 3. The van der Waals surface area contributed by atoms with Crippen molar-refractivity contribution >= 4 is 5.91 Å². The minimum atomic E-state index is 0.0704. The summed E-state index contributed by atoms with van der Waals surface area (Å²) in [7, 11) is 0. The number of rotatable bonds is 6. The van der Waals surface area contributed by atoms with E-state index >= 15 is 0 Å². The van der Waals surface area contributed by atoms with Crippen molar-refractivity contribution in [3.8, 4) is 11.5 Å². The first-order valence-electron chi connectivity index (χ1n) is 12.6. The molecule has 0 radical (unpaired) electrons. The predicted octanol–water partition coefficient (Wildman–Crippen LogP) is 6.32. The summed E-state index contributed by atoms with van der Waals surface area (Å²) in [5.41, 5.74) is 4.59. The first kappa shape index (κ1) is 22.7. The Bertz CT molecular complexity index is 1130. The highest BCUT2D eigenvalue weighted by atomic mass is 16.5. The maximum absolute atomic E-state index is 13.0. The van der Waals surface area contributed by atoms with Crippen LogP contribution in [-0.2, 0) is 6.54 Å². The first-order valence-corrected chi connectivity index (χ1v) is 12.6. The van der Waals surface area contributed by atoms with Crippen molar-refractivity contribution in [1.29, 1.82) is 0 Å². The molecule has 34 heavy (non-hydrogen) atoms. The van der Waals surface area contributed by atoms with Crippen LogP contribution >= 0.6 is 0 Å². The fourth-order valence-corrected chi connectivity index (χ4v) is 5.62. The maximum Gasteiger partial charge on any atom is 0.253 e. The van der Waals surface area contributed by atoms with Crippen LogP contribution in [0.5, 0.6) is 11.5 Å². The molecule has 0 spiro atoms. The lowest BCUT2D eigenvalue weighted by atomic mass is 9.74. The molecular weight excluding hydrogens is 420 g/mol. The van der Waals surface area contributed by atoms with Gasteiger partial charge in [0.1, 0.15) is 11.5 Å². The SMILES string of the molecule is CCN(CC)C(=O)c1ccc2c(c1)Oc1ccccc1C2C1CCN(Cc2ccccc2)CC1. The van der Waals surface area contributed by atoms with Crippen LogP contribution in [0.1, 0.15) is 59.7 Å². The number of piperidine rings is 1. The van der Waals surface area contributed by atoms with Crippen LogP contribution < -0.4 is 4.74 Å². The van der Waals surface area contributed by atoms with Gasteiger partial charge in [0.25, 0.3) is 5.91 Å². The summed E-state index contributed by atoms with van der Waals surface area (Å²) in [6.45, 7) is 8.69. The Kier molecular flexibility index (Phi) is 6.68. The molecule has 3 aromatic carbocycles. The second-order valence-corrected chi connectivity index (χ2v) is 9.45. The number of para-hydroxylation sites is 1. The zero-order valence-corrected chi connectivity index (χ0v) is 20.2. The number of carbonyl (C=O) groups is 1. The van der Waals surface area contributed by atoms with Gasteiger partial charge in [-0.25, -0.2) is 0 Å². The van der Waals surface area contributed by atoms with E-state index in [4.69, 9.17) is 4.74 Å². The quantitative estimate of drug-likeness (QED) is 0.437. The summed E-state index contributed by atoms with van der Waals surface area (Å²) in [5.74, 6) is 2.70. The van der Waals surface area contributed by atoms with E-state index in [0.29, 0.717) is 30.5 Å². The normalized spacial score (nSPS) is 18.0. The monoisotopic (exact) mass is 454 g/mol. The summed E-state index contributed by atoms with van der Waals surface area (Å²) >= 11 is 0. The van der Waals surface area contributed by atoms with Crippen LogP contribution in [0.3, 0.4) is 0 Å². The first-order chi connectivity index (χ1) is 16.7. The molecule has 1 saturated heterocycles. The maximum atomic E-state index is 13.0. The van der Waals surface area contributed by atoms with Gasteiger partial charge in [-0.2, -0.15) is 0 Å². The Labute approximate surface area is 203 Å². The van der Waals surface area contributed by atoms with Crippen molar-refractivity contribution in [2.45, 2.75) is 39.2 Å². The molecule has 4 nitrogen and oxygen atoms in total. The molecule has 1 atom stereocenters. The summed E-state index contributed by atoms with van der Waals surface area (Å²) in [6, 6.07) is 25.3. The highest BCUT2D eigenvalue weighted by Gasteiger charge is 2.35. The molecule has 4 heteroatoms. The van der Waals surface area contributed by atoms with Gasteiger partial charge in [-0.3, -0.25) is 9.69 Å². The number of amides is 1. The van der Waals surface area contributed by atoms with Crippen molar-refractivity contribution < 1.29 is 9.53 Å². The van der Waals surface area contributed by atoms with Gasteiger partial charge in [-0.1, -0.05) is 54.6 Å². The van der Waals surface area contributed by atoms with E-state index in [-0.39, 0.29) is 5.91 Å². The Morgan fingerprint density at radius 3 is 2.29 bits per heavy atom. The number of hydrogen-bond donors (Lipinski definition) is 0. The van der Waals surface area contributed by atoms with Crippen LogP contribution in [0, 0.1) is 5.92 Å². The Morgan fingerprint density at radius 1 is 0.882 bits per heavy atom. The molecule has 0 aromatic heterocycles. The van der Waals surface area contributed by atoms with Crippen molar-refractivity contribution in [2.75, 3.05) is 26.2 Å². The largest absolute Gasteiger partial charge is 0.457 e. The molecule has 5 rings (SSSR count). The minimum absolute atomic E-state index is 0.0704. The average Bonchev–Trinajstić information content (AvgIpc) is 2.89. The van der Waals surface area contributed by atoms with Crippen LogP contribution in [0.15, 0.2) is 72.8 Å². The Balaban J connectivity index is 1.39. The molecule has 3 aromatic rings. The number of likely N-dealkylation sites (tertiary alicyclic amines) is 1. The van der Waals surface area contributed by atoms with E-state index in [1.165, 1.54) is 16.7 Å². The number of ether oxygens (including phenoxy) is 1. The van der Waals surface area contributed by atoms with E-state index in [2.05, 4.69) is 59.5 Å². The highest BCUT2D eigenvalue weighted by molar-refractivity contribution is 5.95. The fraction of sp³-hybridized carbons (Fsp3) is 0.367. The molecule has 0 bridgehead atoms. The molecule has 1 fully saturated rings. The van der Waals surface area contributed by atoms with Gasteiger partial charge in [-0.05, 0) is 69.5 Å². The van der Waals surface area contributed by atoms with Crippen LogP contribution in [-0.4, -0.2) is 41.9 Å². The predicted molar refractivity (Wildman–Crippen MR) is 136 cm³/mol. The smallest absolute Gasteiger partial charge is 0.253 e. The summed E-state index contributed by atoms with van der Waals surface area (Å²) in [4.78, 5) is 17.4. The van der Waals surface area contributed by atoms with Gasteiger partial charge in [0.15, 0.2) is 0 Å². The Morgan fingerprint density at radius 2 is 1.56 bits per heavy atom. The molecule has 2 heterocycles. The molecule has 2 aliphatic rings. The third-order valence-electron chi connectivity index (χ3n) is 7.47. The molecule has 0 N–H and O–H groups in total. The lowest BCUT2D eigenvalue weighted by molar-refractivity contribution is 0.0772. The minimum Gasteiger partial charge on any atom is -0.457 e. The number of fused-ring (bicyclic) bond motifs is 2. The molecule has 0 aliphatic carbocycles. The third-order valence-corrected chi connectivity index (χ3v) is 7.47. The van der Waals surface area contributed by atoms with Crippen LogP contribution in [0.4, 0.5) is 0 Å². The lowest BCUT2D eigenvalue weighted by Crippen LogP contribution is -2.36. The second-order valence-electron chi connectivity index (χ2n) is 9.45. The average molecular weight is 455 g/mol. The zero-order chi connectivity index (χ0) is 23.5. The molecule has 2 aliphatic heterocycles. The summed E-state index contributed by atoms with van der Waals surface area (Å²) in [5, 5.41) is 0. The molecule has 176 valence electrons. The van der Waals surface area contributed by atoms with E-state index in [1.54, 1.807) is 0 Å². The summed E-state index contributed by atoms with van der Waals surface area (Å²) in [6.07, 6.45) is 2.32. The fourth-order valence-electron chi connectivity index (χ4n) is 5.62. The Hall–Kier alpha value is -3.11. The van der Waals surface area contributed by atoms with Crippen molar-refractivity contribution in [2.24, 2.45) is 5.92 Å². The molecule has 0 saturated carbocycles. The van der Waals surface area contributed by atoms with Gasteiger partial charge in [0.2, 0.25) is 0 Å². The van der Waals surface area contributed by atoms with Crippen LogP contribution in [0.2, 0.25) is 0 Å². The van der Waals surface area contributed by atoms with Crippen molar-refractivity contribution in [3.05, 3.63) is 95.1 Å². The topological polar surface area (TPSA) is 32.8 Å². The number of nitrogens with zero attached hydrogens (tertiary/aromatic N) is 2. The third kappa shape index (κ3) is 4.47. The van der Waals surface area contributed by atoms with Crippen LogP contribution in [0.25, 0.3) is 0 Å². The summed E-state index contributed by atoms with van der Waals surface area (Å²) < 4.78 is 6.36. The van der Waals surface area contributed by atoms with E-state index in [9.17, 15) is 4.79 Å². The van der Waals surface area contributed by atoms with E-state index in [0.717, 1.165) is 44.0 Å². The standard InChI is InChI=1S/C30H34N2O2/c1-3-32(4-2)30(33)24-14-15-26-28(20-24)34-27-13-9-8-12-25(27)29(26)23-16-18-31(19-17-23)21-22-10-6-5-7-11-22/h5-15,20,23,29H,3-4,16-19,21H2,1-2H3. The highest BCUT2D eigenvalue weighted by Crippen LogP contribution is 2.50. The number of benzene rings is 3. The van der Waals surface area contributed by atoms with Gasteiger partial charge < -0.3 is 9.64 Å². The van der Waals surface area contributed by atoms with Crippen molar-refractivity contribution in [1.82, 2.24) is 9.80 Å². The van der Waals surface area contributed by atoms with Gasteiger partial charge in [0.05, 0.1) is 0 Å². The second kappa shape index (κ2) is 10.0. The van der Waals surface area contributed by atoms with Gasteiger partial charge in [-0.15, -0.1) is 0 Å². The van der Waals surface area contributed by atoms with Crippen molar-refractivity contribution in [3.63, 3.8) is 0 Å². The van der Waals surface area contributed by atoms with E-state index < -0.39 is 0 Å². The van der Waals surface area contributed by atoms with Gasteiger partial charge in [0, 0.05) is 42.2 Å². The van der Waals surface area contributed by atoms with Gasteiger partial charge >= 0.3 is 0 Å². The van der Waals surface area contributed by atoms with E-state index in [1.807, 2.05) is 36.9 Å². The lowest BCUT2D eigenvalue weighted by Gasteiger charge is -2.39. The molecule has 1 amide bonds. The molecule has 1 unspecified atom stereocenters. The molecular formula is C30H34N2O2.